The number of hydrogen-bond acceptors (Lipinski definition) is 3. The van der Waals surface area contributed by atoms with Gasteiger partial charge in [0.05, 0.1) is 17.8 Å². The molecule has 3 nitrogen and oxygen atoms in total. The molecule has 0 saturated carbocycles. The zero-order valence-electron chi connectivity index (χ0n) is 11.9. The normalized spacial score (nSPS) is 10.5. The summed E-state index contributed by atoms with van der Waals surface area (Å²) >= 11 is 4.83. The largest absolute Gasteiger partial charge is 0.325 e. The second kappa shape index (κ2) is 7.02. The molecule has 0 fully saturated rings. The van der Waals surface area contributed by atoms with Crippen molar-refractivity contribution in [2.45, 2.75) is 6.42 Å². The van der Waals surface area contributed by atoms with Gasteiger partial charge in [0, 0.05) is 15.4 Å². The van der Waals surface area contributed by atoms with Gasteiger partial charge in [0.2, 0.25) is 5.91 Å². The van der Waals surface area contributed by atoms with Crippen molar-refractivity contribution in [3.8, 4) is 10.6 Å². The van der Waals surface area contributed by atoms with Gasteiger partial charge in [0.25, 0.3) is 0 Å². The standard InChI is InChI=1S/C17H12BrFN2OS/c18-14-3-1-2-4-15(14)21-16(22)9-13-10-23-17(20-13)11-5-7-12(19)8-6-11/h1-8,10H,9H2,(H,21,22). The van der Waals surface area contributed by atoms with Crippen LogP contribution in [0.2, 0.25) is 0 Å². The Hall–Kier alpha value is -2.05. The molecular weight excluding hydrogens is 379 g/mol. The molecule has 1 N–H and O–H groups in total. The average Bonchev–Trinajstić information content (AvgIpc) is 2.98. The van der Waals surface area contributed by atoms with Crippen molar-refractivity contribution >= 4 is 38.9 Å². The smallest absolute Gasteiger partial charge is 0.230 e. The van der Waals surface area contributed by atoms with Gasteiger partial charge in [-0.2, -0.15) is 0 Å². The molecule has 0 spiro atoms. The van der Waals surface area contributed by atoms with Crippen LogP contribution in [0.3, 0.4) is 0 Å². The lowest BCUT2D eigenvalue weighted by molar-refractivity contribution is -0.115. The number of amides is 1. The van der Waals surface area contributed by atoms with Crippen LogP contribution in [0, 0.1) is 5.82 Å². The fourth-order valence-corrected chi connectivity index (χ4v) is 3.24. The number of hydrogen-bond donors (Lipinski definition) is 1. The van der Waals surface area contributed by atoms with E-state index in [4.69, 9.17) is 0 Å². The quantitative estimate of drug-likeness (QED) is 0.688. The number of halogens is 2. The van der Waals surface area contributed by atoms with Crippen LogP contribution in [0.1, 0.15) is 5.69 Å². The van der Waals surface area contributed by atoms with E-state index in [0.717, 1.165) is 20.7 Å². The molecule has 0 bridgehead atoms. The van der Waals surface area contributed by atoms with E-state index in [-0.39, 0.29) is 18.1 Å². The zero-order valence-corrected chi connectivity index (χ0v) is 14.3. The van der Waals surface area contributed by atoms with E-state index < -0.39 is 0 Å². The maximum atomic E-state index is 12.9. The lowest BCUT2D eigenvalue weighted by atomic mass is 10.2. The fourth-order valence-electron chi connectivity index (χ4n) is 2.03. The maximum absolute atomic E-state index is 12.9. The van der Waals surface area contributed by atoms with Crippen LogP contribution < -0.4 is 5.32 Å². The Kier molecular flexibility index (Phi) is 4.83. The van der Waals surface area contributed by atoms with Gasteiger partial charge in [-0.1, -0.05) is 12.1 Å². The van der Waals surface area contributed by atoms with Gasteiger partial charge in [-0.25, -0.2) is 9.37 Å². The third kappa shape index (κ3) is 4.03. The SMILES string of the molecule is O=C(Cc1csc(-c2ccc(F)cc2)n1)Nc1ccccc1Br. The Bertz CT molecular complexity index is 833. The van der Waals surface area contributed by atoms with Crippen molar-refractivity contribution in [2.75, 3.05) is 5.32 Å². The molecule has 0 aliphatic carbocycles. The van der Waals surface area contributed by atoms with Crippen LogP contribution in [0.25, 0.3) is 10.6 Å². The summed E-state index contributed by atoms with van der Waals surface area (Å²) in [6, 6.07) is 13.6. The molecule has 6 heteroatoms. The van der Waals surface area contributed by atoms with E-state index in [1.807, 2.05) is 29.6 Å². The van der Waals surface area contributed by atoms with Crippen molar-refractivity contribution in [1.29, 1.82) is 0 Å². The number of para-hydroxylation sites is 1. The van der Waals surface area contributed by atoms with Crippen LogP contribution >= 0.6 is 27.3 Å². The number of carbonyl (C=O) groups excluding carboxylic acids is 1. The van der Waals surface area contributed by atoms with Crippen LogP contribution in [0.15, 0.2) is 58.4 Å². The molecule has 1 amide bonds. The average molecular weight is 391 g/mol. The molecule has 116 valence electrons. The summed E-state index contributed by atoms with van der Waals surface area (Å²) in [6.45, 7) is 0. The topological polar surface area (TPSA) is 42.0 Å². The molecule has 3 rings (SSSR count). The Morgan fingerprint density at radius 2 is 1.91 bits per heavy atom. The highest BCUT2D eigenvalue weighted by atomic mass is 79.9. The molecule has 0 aliphatic rings. The van der Waals surface area contributed by atoms with Gasteiger partial charge in [-0.15, -0.1) is 11.3 Å². The fraction of sp³-hybridized carbons (Fsp3) is 0.0588. The molecule has 0 unspecified atom stereocenters. The number of anilines is 1. The van der Waals surface area contributed by atoms with Crippen molar-refractivity contribution in [3.05, 3.63) is 69.9 Å². The first-order valence-electron chi connectivity index (χ1n) is 6.86. The van der Waals surface area contributed by atoms with Crippen molar-refractivity contribution in [2.24, 2.45) is 0 Å². The molecular formula is C17H12BrFN2OS. The lowest BCUT2D eigenvalue weighted by Gasteiger charge is -2.05. The lowest BCUT2D eigenvalue weighted by Crippen LogP contribution is -2.14. The number of rotatable bonds is 4. The Labute approximate surface area is 145 Å². The van der Waals surface area contributed by atoms with E-state index in [0.29, 0.717) is 5.69 Å². The molecule has 0 atom stereocenters. The number of carbonyl (C=O) groups is 1. The summed E-state index contributed by atoms with van der Waals surface area (Å²) in [5.41, 5.74) is 2.26. The Morgan fingerprint density at radius 1 is 1.17 bits per heavy atom. The summed E-state index contributed by atoms with van der Waals surface area (Å²) in [5, 5.41) is 5.46. The maximum Gasteiger partial charge on any atom is 0.230 e. The highest BCUT2D eigenvalue weighted by Gasteiger charge is 2.10. The first kappa shape index (κ1) is 15.8. The van der Waals surface area contributed by atoms with Crippen LogP contribution in [-0.4, -0.2) is 10.9 Å². The van der Waals surface area contributed by atoms with Gasteiger partial charge >= 0.3 is 0 Å². The first-order chi connectivity index (χ1) is 11.1. The molecule has 0 radical (unpaired) electrons. The monoisotopic (exact) mass is 390 g/mol. The summed E-state index contributed by atoms with van der Waals surface area (Å²) < 4.78 is 13.8. The summed E-state index contributed by atoms with van der Waals surface area (Å²) in [6.07, 6.45) is 0.193. The van der Waals surface area contributed by atoms with E-state index in [1.165, 1.54) is 23.5 Å². The minimum Gasteiger partial charge on any atom is -0.325 e. The molecule has 23 heavy (non-hydrogen) atoms. The summed E-state index contributed by atoms with van der Waals surface area (Å²) in [5.74, 6) is -0.411. The number of aromatic nitrogens is 1. The van der Waals surface area contributed by atoms with E-state index in [9.17, 15) is 9.18 Å². The Balaban J connectivity index is 1.68. The number of nitrogens with zero attached hydrogens (tertiary/aromatic N) is 1. The van der Waals surface area contributed by atoms with Gasteiger partial charge in [-0.3, -0.25) is 4.79 Å². The number of nitrogens with one attached hydrogen (secondary N) is 1. The van der Waals surface area contributed by atoms with E-state index in [1.54, 1.807) is 12.1 Å². The van der Waals surface area contributed by atoms with E-state index >= 15 is 0 Å². The predicted octanol–water partition coefficient (Wildman–Crippen LogP) is 4.89. The summed E-state index contributed by atoms with van der Waals surface area (Å²) in [7, 11) is 0. The number of thiazole rings is 1. The minimum atomic E-state index is -0.279. The zero-order chi connectivity index (χ0) is 16.2. The van der Waals surface area contributed by atoms with Crippen molar-refractivity contribution in [3.63, 3.8) is 0 Å². The summed E-state index contributed by atoms with van der Waals surface area (Å²) in [4.78, 5) is 16.5. The molecule has 0 saturated heterocycles. The van der Waals surface area contributed by atoms with Crippen LogP contribution in [0.5, 0.6) is 0 Å². The molecule has 1 aromatic heterocycles. The van der Waals surface area contributed by atoms with Crippen molar-refractivity contribution < 1.29 is 9.18 Å². The van der Waals surface area contributed by atoms with E-state index in [2.05, 4.69) is 26.2 Å². The Morgan fingerprint density at radius 3 is 2.65 bits per heavy atom. The highest BCUT2D eigenvalue weighted by molar-refractivity contribution is 9.10. The van der Waals surface area contributed by atoms with Crippen molar-refractivity contribution in [1.82, 2.24) is 4.98 Å². The molecule has 1 heterocycles. The molecule has 0 aliphatic heterocycles. The van der Waals surface area contributed by atoms with Gasteiger partial charge < -0.3 is 5.32 Å². The van der Waals surface area contributed by atoms with Gasteiger partial charge in [-0.05, 0) is 52.3 Å². The minimum absolute atomic E-state index is 0.132. The second-order valence-corrected chi connectivity index (χ2v) is 6.57. The second-order valence-electron chi connectivity index (χ2n) is 4.86. The third-order valence-electron chi connectivity index (χ3n) is 3.13. The third-order valence-corrected chi connectivity index (χ3v) is 4.76. The predicted molar refractivity (Wildman–Crippen MR) is 94.0 cm³/mol. The van der Waals surface area contributed by atoms with Crippen LogP contribution in [0.4, 0.5) is 10.1 Å². The molecule has 2 aromatic carbocycles. The first-order valence-corrected chi connectivity index (χ1v) is 8.54. The number of benzene rings is 2. The molecule has 3 aromatic rings. The van der Waals surface area contributed by atoms with Gasteiger partial charge in [0.15, 0.2) is 0 Å². The van der Waals surface area contributed by atoms with Crippen LogP contribution in [-0.2, 0) is 11.2 Å². The van der Waals surface area contributed by atoms with Gasteiger partial charge in [0.1, 0.15) is 10.8 Å². The highest BCUT2D eigenvalue weighted by Crippen LogP contribution is 2.25.